The first-order valence-corrected chi connectivity index (χ1v) is 3.72. The Morgan fingerprint density at radius 1 is 1.27 bits per heavy atom. The SMILES string of the molecule is C/C=C/Cc1ccc(O)cc1. The van der Waals surface area contributed by atoms with Crippen LogP contribution in [0.4, 0.5) is 0 Å². The second-order valence-electron chi connectivity index (χ2n) is 2.44. The van der Waals surface area contributed by atoms with E-state index in [2.05, 4.69) is 6.08 Å². The van der Waals surface area contributed by atoms with Crippen LogP contribution in [0.15, 0.2) is 36.4 Å². The summed E-state index contributed by atoms with van der Waals surface area (Å²) in [5.41, 5.74) is 1.22. The van der Waals surface area contributed by atoms with E-state index in [0.717, 1.165) is 6.42 Å². The summed E-state index contributed by atoms with van der Waals surface area (Å²) in [5.74, 6) is 0.328. The van der Waals surface area contributed by atoms with Gasteiger partial charge in [-0.25, -0.2) is 0 Å². The molecule has 0 bridgehead atoms. The number of phenolic OH excluding ortho intramolecular Hbond substituents is 1. The van der Waals surface area contributed by atoms with Crippen LogP contribution in [0.2, 0.25) is 0 Å². The molecule has 1 aromatic carbocycles. The number of hydrogen-bond donors (Lipinski definition) is 1. The van der Waals surface area contributed by atoms with E-state index in [-0.39, 0.29) is 0 Å². The number of aromatic hydroxyl groups is 1. The fourth-order valence-corrected chi connectivity index (χ4v) is 0.886. The first kappa shape index (κ1) is 7.86. The molecule has 1 aromatic rings. The van der Waals surface area contributed by atoms with Gasteiger partial charge in [0.2, 0.25) is 0 Å². The van der Waals surface area contributed by atoms with Crippen molar-refractivity contribution in [3.63, 3.8) is 0 Å². The van der Waals surface area contributed by atoms with Gasteiger partial charge in [0.1, 0.15) is 5.75 Å². The van der Waals surface area contributed by atoms with Crippen LogP contribution < -0.4 is 0 Å². The van der Waals surface area contributed by atoms with E-state index >= 15 is 0 Å². The van der Waals surface area contributed by atoms with E-state index in [9.17, 15) is 0 Å². The number of rotatable bonds is 2. The molecule has 1 heteroatoms. The lowest BCUT2D eigenvalue weighted by molar-refractivity contribution is 0.475. The lowest BCUT2D eigenvalue weighted by atomic mass is 10.1. The van der Waals surface area contributed by atoms with Crippen molar-refractivity contribution in [2.75, 3.05) is 0 Å². The summed E-state index contributed by atoms with van der Waals surface area (Å²) in [4.78, 5) is 0. The Hall–Kier alpha value is -1.24. The Kier molecular flexibility index (Phi) is 2.73. The Balaban J connectivity index is 2.66. The fourth-order valence-electron chi connectivity index (χ4n) is 0.886. The first-order chi connectivity index (χ1) is 5.33. The summed E-state index contributed by atoms with van der Waals surface area (Å²) in [7, 11) is 0. The molecular weight excluding hydrogens is 136 g/mol. The summed E-state index contributed by atoms with van der Waals surface area (Å²) < 4.78 is 0. The van der Waals surface area contributed by atoms with Gasteiger partial charge in [0.15, 0.2) is 0 Å². The summed E-state index contributed by atoms with van der Waals surface area (Å²) in [6, 6.07) is 7.27. The van der Waals surface area contributed by atoms with Gasteiger partial charge in [-0.05, 0) is 31.0 Å². The van der Waals surface area contributed by atoms with E-state index in [1.165, 1.54) is 5.56 Å². The second kappa shape index (κ2) is 3.81. The Morgan fingerprint density at radius 3 is 2.45 bits per heavy atom. The van der Waals surface area contributed by atoms with Crippen LogP contribution in [0.5, 0.6) is 5.75 Å². The molecule has 0 aliphatic carbocycles. The van der Waals surface area contributed by atoms with Gasteiger partial charge in [0.05, 0.1) is 0 Å². The van der Waals surface area contributed by atoms with Gasteiger partial charge in [0, 0.05) is 0 Å². The van der Waals surface area contributed by atoms with Gasteiger partial charge >= 0.3 is 0 Å². The summed E-state index contributed by atoms with van der Waals surface area (Å²) in [6.45, 7) is 2.00. The van der Waals surface area contributed by atoms with Crippen molar-refractivity contribution >= 4 is 0 Å². The molecule has 0 saturated carbocycles. The van der Waals surface area contributed by atoms with Gasteiger partial charge in [0.25, 0.3) is 0 Å². The smallest absolute Gasteiger partial charge is 0.115 e. The predicted octanol–water partition coefficient (Wildman–Crippen LogP) is 2.51. The van der Waals surface area contributed by atoms with E-state index in [1.54, 1.807) is 12.1 Å². The molecule has 1 rings (SSSR count). The zero-order valence-corrected chi connectivity index (χ0v) is 6.62. The minimum Gasteiger partial charge on any atom is -0.508 e. The minimum atomic E-state index is 0.328. The Morgan fingerprint density at radius 2 is 1.91 bits per heavy atom. The molecule has 0 aliphatic heterocycles. The van der Waals surface area contributed by atoms with Crippen molar-refractivity contribution < 1.29 is 5.11 Å². The maximum absolute atomic E-state index is 8.96. The summed E-state index contributed by atoms with van der Waals surface area (Å²) in [5, 5.41) is 8.96. The van der Waals surface area contributed by atoms with Crippen molar-refractivity contribution in [2.45, 2.75) is 13.3 Å². The summed E-state index contributed by atoms with van der Waals surface area (Å²) in [6.07, 6.45) is 5.05. The molecular formula is C10H12O. The molecule has 0 atom stereocenters. The standard InChI is InChI=1S/C10H12O/c1-2-3-4-9-5-7-10(11)8-6-9/h2-3,5-8,11H,4H2,1H3/b3-2+. The zero-order valence-electron chi connectivity index (χ0n) is 6.62. The zero-order chi connectivity index (χ0) is 8.10. The molecule has 0 aromatic heterocycles. The average molecular weight is 148 g/mol. The molecule has 0 heterocycles. The molecule has 0 saturated heterocycles. The maximum Gasteiger partial charge on any atom is 0.115 e. The topological polar surface area (TPSA) is 20.2 Å². The van der Waals surface area contributed by atoms with Gasteiger partial charge in [-0.1, -0.05) is 24.3 Å². The molecule has 0 amide bonds. The highest BCUT2D eigenvalue weighted by molar-refractivity contribution is 5.26. The Labute approximate surface area is 67.0 Å². The number of hydrogen-bond acceptors (Lipinski definition) is 1. The fraction of sp³-hybridized carbons (Fsp3) is 0.200. The van der Waals surface area contributed by atoms with Gasteiger partial charge in [-0.2, -0.15) is 0 Å². The number of allylic oxidation sites excluding steroid dienone is 2. The average Bonchev–Trinajstić information content (AvgIpc) is 2.04. The van der Waals surface area contributed by atoms with Crippen molar-refractivity contribution in [1.82, 2.24) is 0 Å². The molecule has 58 valence electrons. The molecule has 0 spiro atoms. The molecule has 0 radical (unpaired) electrons. The lowest BCUT2D eigenvalue weighted by Gasteiger charge is -1.95. The molecule has 0 fully saturated rings. The van der Waals surface area contributed by atoms with E-state index in [0.29, 0.717) is 5.75 Å². The number of benzene rings is 1. The van der Waals surface area contributed by atoms with Crippen molar-refractivity contribution in [3.8, 4) is 5.75 Å². The second-order valence-corrected chi connectivity index (χ2v) is 2.44. The van der Waals surface area contributed by atoms with E-state index < -0.39 is 0 Å². The first-order valence-electron chi connectivity index (χ1n) is 3.72. The number of phenols is 1. The van der Waals surface area contributed by atoms with Crippen LogP contribution in [-0.4, -0.2) is 5.11 Å². The highest BCUT2D eigenvalue weighted by Crippen LogP contribution is 2.09. The molecule has 1 N–H and O–H groups in total. The lowest BCUT2D eigenvalue weighted by Crippen LogP contribution is -1.77. The third-order valence-electron chi connectivity index (χ3n) is 1.53. The van der Waals surface area contributed by atoms with Crippen LogP contribution in [0, 0.1) is 0 Å². The van der Waals surface area contributed by atoms with E-state index in [1.807, 2.05) is 25.1 Å². The molecule has 11 heavy (non-hydrogen) atoms. The highest BCUT2D eigenvalue weighted by atomic mass is 16.3. The Bertz CT molecular complexity index is 234. The quantitative estimate of drug-likeness (QED) is 0.639. The van der Waals surface area contributed by atoms with Crippen LogP contribution in [0.25, 0.3) is 0 Å². The van der Waals surface area contributed by atoms with Crippen LogP contribution in [-0.2, 0) is 6.42 Å². The monoisotopic (exact) mass is 148 g/mol. The third-order valence-corrected chi connectivity index (χ3v) is 1.53. The largest absolute Gasteiger partial charge is 0.508 e. The predicted molar refractivity (Wildman–Crippen MR) is 46.6 cm³/mol. The molecule has 1 nitrogen and oxygen atoms in total. The van der Waals surface area contributed by atoms with Crippen molar-refractivity contribution in [1.29, 1.82) is 0 Å². The third kappa shape index (κ3) is 2.46. The minimum absolute atomic E-state index is 0.328. The van der Waals surface area contributed by atoms with Gasteiger partial charge in [-0.15, -0.1) is 0 Å². The van der Waals surface area contributed by atoms with Crippen molar-refractivity contribution in [3.05, 3.63) is 42.0 Å². The van der Waals surface area contributed by atoms with Crippen LogP contribution in [0.1, 0.15) is 12.5 Å². The van der Waals surface area contributed by atoms with Gasteiger partial charge < -0.3 is 5.11 Å². The van der Waals surface area contributed by atoms with Gasteiger partial charge in [-0.3, -0.25) is 0 Å². The molecule has 0 unspecified atom stereocenters. The normalized spacial score (nSPS) is 10.6. The van der Waals surface area contributed by atoms with Crippen LogP contribution in [0.3, 0.4) is 0 Å². The maximum atomic E-state index is 8.96. The van der Waals surface area contributed by atoms with Crippen LogP contribution >= 0.6 is 0 Å². The highest BCUT2D eigenvalue weighted by Gasteiger charge is 1.88. The van der Waals surface area contributed by atoms with E-state index in [4.69, 9.17) is 5.11 Å². The summed E-state index contributed by atoms with van der Waals surface area (Å²) >= 11 is 0. The van der Waals surface area contributed by atoms with Crippen molar-refractivity contribution in [2.24, 2.45) is 0 Å². The molecule has 0 aliphatic rings.